The molecule has 0 spiro atoms. The third-order valence-corrected chi connectivity index (χ3v) is 3.78. The SMILES string of the molecule is CC(=O)Nc1ccc(C(=O)NCCNC(=O)c2cccs2)cc1. The van der Waals surface area contributed by atoms with Crippen molar-refractivity contribution in [1.29, 1.82) is 0 Å². The van der Waals surface area contributed by atoms with E-state index in [0.717, 1.165) is 0 Å². The molecule has 7 heteroatoms. The van der Waals surface area contributed by atoms with Gasteiger partial charge in [0.05, 0.1) is 4.88 Å². The molecule has 0 atom stereocenters. The normalized spacial score (nSPS) is 9.96. The van der Waals surface area contributed by atoms with Crippen molar-refractivity contribution in [3.05, 3.63) is 52.2 Å². The van der Waals surface area contributed by atoms with Crippen molar-refractivity contribution < 1.29 is 14.4 Å². The topological polar surface area (TPSA) is 87.3 Å². The first-order chi connectivity index (χ1) is 11.1. The van der Waals surface area contributed by atoms with Gasteiger partial charge in [0.1, 0.15) is 0 Å². The summed E-state index contributed by atoms with van der Waals surface area (Å²) >= 11 is 1.37. The van der Waals surface area contributed by atoms with Crippen LogP contribution in [0, 0.1) is 0 Å². The first-order valence-electron chi connectivity index (χ1n) is 7.04. The molecule has 2 rings (SSSR count). The molecule has 0 bridgehead atoms. The van der Waals surface area contributed by atoms with Crippen molar-refractivity contribution in [3.8, 4) is 0 Å². The van der Waals surface area contributed by atoms with Gasteiger partial charge in [0, 0.05) is 31.3 Å². The van der Waals surface area contributed by atoms with Gasteiger partial charge in [-0.3, -0.25) is 14.4 Å². The zero-order chi connectivity index (χ0) is 16.7. The molecule has 3 N–H and O–H groups in total. The molecule has 0 fully saturated rings. The molecule has 120 valence electrons. The molecule has 0 radical (unpaired) electrons. The second-order valence-corrected chi connectivity index (χ2v) is 5.70. The molecular formula is C16H17N3O3S. The first-order valence-corrected chi connectivity index (χ1v) is 7.92. The summed E-state index contributed by atoms with van der Waals surface area (Å²) in [5.74, 6) is -0.539. The highest BCUT2D eigenvalue weighted by Gasteiger charge is 2.07. The largest absolute Gasteiger partial charge is 0.350 e. The molecule has 0 aliphatic rings. The van der Waals surface area contributed by atoms with Crippen molar-refractivity contribution in [2.24, 2.45) is 0 Å². The lowest BCUT2D eigenvalue weighted by Gasteiger charge is -2.07. The Hall–Kier alpha value is -2.67. The molecule has 1 heterocycles. The minimum Gasteiger partial charge on any atom is -0.350 e. The molecule has 3 amide bonds. The number of thiophene rings is 1. The summed E-state index contributed by atoms with van der Waals surface area (Å²) in [6.07, 6.45) is 0. The van der Waals surface area contributed by atoms with Crippen molar-refractivity contribution in [2.45, 2.75) is 6.92 Å². The smallest absolute Gasteiger partial charge is 0.261 e. The maximum atomic E-state index is 11.9. The summed E-state index contributed by atoms with van der Waals surface area (Å²) < 4.78 is 0. The second-order valence-electron chi connectivity index (χ2n) is 4.75. The molecular weight excluding hydrogens is 314 g/mol. The summed E-state index contributed by atoms with van der Waals surface area (Å²) in [6.45, 7) is 2.11. The third-order valence-electron chi connectivity index (χ3n) is 2.91. The monoisotopic (exact) mass is 331 g/mol. The minimum absolute atomic E-state index is 0.145. The highest BCUT2D eigenvalue weighted by molar-refractivity contribution is 7.12. The van der Waals surface area contributed by atoms with Gasteiger partial charge < -0.3 is 16.0 Å². The quantitative estimate of drug-likeness (QED) is 0.706. The van der Waals surface area contributed by atoms with Crippen LogP contribution >= 0.6 is 11.3 Å². The van der Waals surface area contributed by atoms with E-state index in [0.29, 0.717) is 29.2 Å². The number of hydrogen-bond acceptors (Lipinski definition) is 4. The van der Waals surface area contributed by atoms with Gasteiger partial charge in [0.15, 0.2) is 0 Å². The number of anilines is 1. The lowest BCUT2D eigenvalue weighted by Crippen LogP contribution is -2.34. The highest BCUT2D eigenvalue weighted by atomic mass is 32.1. The minimum atomic E-state index is -0.232. The van der Waals surface area contributed by atoms with Gasteiger partial charge in [0.2, 0.25) is 5.91 Å². The number of nitrogens with one attached hydrogen (secondary N) is 3. The number of benzene rings is 1. The lowest BCUT2D eigenvalue weighted by molar-refractivity contribution is -0.114. The van der Waals surface area contributed by atoms with Gasteiger partial charge in [-0.05, 0) is 35.7 Å². The summed E-state index contributed by atoms with van der Waals surface area (Å²) in [5, 5.41) is 9.92. The Bertz CT molecular complexity index is 681. The highest BCUT2D eigenvalue weighted by Crippen LogP contribution is 2.09. The fourth-order valence-electron chi connectivity index (χ4n) is 1.86. The van der Waals surface area contributed by atoms with Gasteiger partial charge in [-0.2, -0.15) is 0 Å². The molecule has 0 aliphatic carbocycles. The molecule has 0 aliphatic heterocycles. The number of hydrogen-bond donors (Lipinski definition) is 3. The Morgan fingerprint density at radius 2 is 1.61 bits per heavy atom. The van der Waals surface area contributed by atoms with Crippen molar-refractivity contribution in [2.75, 3.05) is 18.4 Å². The maximum absolute atomic E-state index is 11.9. The average Bonchev–Trinajstić information content (AvgIpc) is 3.05. The van der Waals surface area contributed by atoms with Crippen LogP contribution in [0.4, 0.5) is 5.69 Å². The van der Waals surface area contributed by atoms with Crippen LogP contribution in [0.15, 0.2) is 41.8 Å². The van der Waals surface area contributed by atoms with Crippen LogP contribution < -0.4 is 16.0 Å². The van der Waals surface area contributed by atoms with Crippen LogP contribution in [0.5, 0.6) is 0 Å². The van der Waals surface area contributed by atoms with Crippen LogP contribution in [0.1, 0.15) is 27.0 Å². The number of carbonyl (C=O) groups excluding carboxylic acids is 3. The van der Waals surface area contributed by atoms with E-state index in [2.05, 4.69) is 16.0 Å². The molecule has 0 unspecified atom stereocenters. The van der Waals surface area contributed by atoms with E-state index < -0.39 is 0 Å². The zero-order valence-corrected chi connectivity index (χ0v) is 13.4. The first kappa shape index (κ1) is 16.7. The Labute approximate surface area is 137 Å². The predicted octanol–water partition coefficient (Wildman–Crippen LogP) is 1.87. The molecule has 2 aromatic rings. The van der Waals surface area contributed by atoms with Gasteiger partial charge in [-0.25, -0.2) is 0 Å². The van der Waals surface area contributed by atoms with Crippen LogP contribution in [0.25, 0.3) is 0 Å². The summed E-state index contributed by atoms with van der Waals surface area (Å²) in [5.41, 5.74) is 1.13. The van der Waals surface area contributed by atoms with E-state index in [1.165, 1.54) is 18.3 Å². The van der Waals surface area contributed by atoms with E-state index in [4.69, 9.17) is 0 Å². The molecule has 1 aromatic carbocycles. The number of rotatable bonds is 6. The summed E-state index contributed by atoms with van der Waals surface area (Å²) in [4.78, 5) is 35.2. The fourth-order valence-corrected chi connectivity index (χ4v) is 2.50. The van der Waals surface area contributed by atoms with Gasteiger partial charge >= 0.3 is 0 Å². The lowest BCUT2D eigenvalue weighted by atomic mass is 10.2. The van der Waals surface area contributed by atoms with E-state index in [9.17, 15) is 14.4 Å². The standard InChI is InChI=1S/C16H17N3O3S/c1-11(20)19-13-6-4-12(5-7-13)15(21)17-8-9-18-16(22)14-3-2-10-23-14/h2-7,10H,8-9H2,1H3,(H,17,21)(H,18,22)(H,19,20). The van der Waals surface area contributed by atoms with Crippen LogP contribution in [0.3, 0.4) is 0 Å². The second kappa shape index (κ2) is 8.09. The van der Waals surface area contributed by atoms with E-state index in [-0.39, 0.29) is 17.7 Å². The van der Waals surface area contributed by atoms with Gasteiger partial charge in [0.25, 0.3) is 11.8 Å². The van der Waals surface area contributed by atoms with Crippen molar-refractivity contribution in [3.63, 3.8) is 0 Å². The fraction of sp³-hybridized carbons (Fsp3) is 0.188. The summed E-state index contributed by atoms with van der Waals surface area (Å²) in [6, 6.07) is 10.1. The molecule has 0 saturated heterocycles. The Balaban J connectivity index is 1.74. The Morgan fingerprint density at radius 3 is 2.17 bits per heavy atom. The predicted molar refractivity (Wildman–Crippen MR) is 89.7 cm³/mol. The molecule has 0 saturated carbocycles. The van der Waals surface area contributed by atoms with Gasteiger partial charge in [-0.1, -0.05) is 6.07 Å². The van der Waals surface area contributed by atoms with Crippen molar-refractivity contribution >= 4 is 34.7 Å². The molecule has 1 aromatic heterocycles. The average molecular weight is 331 g/mol. The van der Waals surface area contributed by atoms with E-state index >= 15 is 0 Å². The van der Waals surface area contributed by atoms with E-state index in [1.807, 2.05) is 11.4 Å². The Kier molecular flexibility index (Phi) is 5.87. The van der Waals surface area contributed by atoms with Gasteiger partial charge in [-0.15, -0.1) is 11.3 Å². The number of carbonyl (C=O) groups is 3. The van der Waals surface area contributed by atoms with Crippen LogP contribution in [-0.4, -0.2) is 30.8 Å². The van der Waals surface area contributed by atoms with Crippen LogP contribution in [0.2, 0.25) is 0 Å². The maximum Gasteiger partial charge on any atom is 0.261 e. The number of amides is 3. The van der Waals surface area contributed by atoms with E-state index in [1.54, 1.807) is 30.3 Å². The Morgan fingerprint density at radius 1 is 0.957 bits per heavy atom. The van der Waals surface area contributed by atoms with Crippen LogP contribution in [-0.2, 0) is 4.79 Å². The molecule has 6 nitrogen and oxygen atoms in total. The summed E-state index contributed by atoms with van der Waals surface area (Å²) in [7, 11) is 0. The third kappa shape index (κ3) is 5.23. The zero-order valence-electron chi connectivity index (χ0n) is 12.6. The molecule has 23 heavy (non-hydrogen) atoms. The van der Waals surface area contributed by atoms with Crippen molar-refractivity contribution in [1.82, 2.24) is 10.6 Å².